The van der Waals surface area contributed by atoms with Crippen molar-refractivity contribution in [2.45, 2.75) is 51.6 Å². The average molecular weight is 643 g/mol. The van der Waals surface area contributed by atoms with E-state index in [4.69, 9.17) is 23.7 Å². The lowest BCUT2D eigenvalue weighted by molar-refractivity contribution is -0.757. The van der Waals surface area contributed by atoms with Crippen LogP contribution in [0.4, 0.5) is 0 Å². The first-order valence-corrected chi connectivity index (χ1v) is 15.4. The van der Waals surface area contributed by atoms with Crippen molar-refractivity contribution in [3.8, 4) is 11.5 Å². The molecule has 1 unspecified atom stereocenters. The van der Waals surface area contributed by atoms with Gasteiger partial charge in [-0.25, -0.2) is 9.59 Å². The lowest BCUT2D eigenvalue weighted by Crippen LogP contribution is -2.40. The average Bonchev–Trinajstić information content (AvgIpc) is 3.06. The molecule has 1 saturated heterocycles. The molecule has 13 heteroatoms. The lowest BCUT2D eigenvalue weighted by atomic mass is 9.98. The van der Waals surface area contributed by atoms with Crippen LogP contribution < -0.4 is 9.47 Å². The lowest BCUT2D eigenvalue weighted by Gasteiger charge is -2.27. The molecule has 0 spiro atoms. The third-order valence-corrected chi connectivity index (χ3v) is 7.11. The van der Waals surface area contributed by atoms with Gasteiger partial charge < -0.3 is 28.5 Å². The minimum Gasteiger partial charge on any atom is -0.493 e. The van der Waals surface area contributed by atoms with Crippen molar-refractivity contribution in [2.75, 3.05) is 53.2 Å². The van der Waals surface area contributed by atoms with E-state index in [1.807, 2.05) is 11.8 Å². The number of hydrogen-bond donors (Lipinski definition) is 0. The van der Waals surface area contributed by atoms with Crippen molar-refractivity contribution in [3.63, 3.8) is 0 Å². The highest BCUT2D eigenvalue weighted by Crippen LogP contribution is 2.32. The van der Waals surface area contributed by atoms with Gasteiger partial charge in [0.2, 0.25) is 0 Å². The summed E-state index contributed by atoms with van der Waals surface area (Å²) >= 11 is 0. The molecule has 1 heterocycles. The Kier molecular flexibility index (Phi) is 15.5. The van der Waals surface area contributed by atoms with Crippen LogP contribution in [-0.4, -0.2) is 81.1 Å². The number of carbonyl (C=O) groups excluding carboxylic acids is 3. The Morgan fingerprint density at radius 3 is 2.52 bits per heavy atom. The zero-order valence-electron chi connectivity index (χ0n) is 26.4. The minimum absolute atomic E-state index is 0.00509. The number of benzene rings is 2. The van der Waals surface area contributed by atoms with Gasteiger partial charge in [0.25, 0.3) is 5.09 Å². The van der Waals surface area contributed by atoms with Gasteiger partial charge in [-0.1, -0.05) is 37.6 Å². The highest BCUT2D eigenvalue weighted by Gasteiger charge is 2.25. The minimum atomic E-state index is -0.838. The Morgan fingerprint density at radius 2 is 1.78 bits per heavy atom. The van der Waals surface area contributed by atoms with Crippen LogP contribution in [0.25, 0.3) is 6.08 Å². The molecule has 3 rings (SSSR count). The standard InChI is InChI=1S/C33H42N2O11/c1-3-4-12-28(45-32(37)24-34-17-21-42-22-18-34)26-10-6-7-11-27(26)33(38)46-29-15-13-25(23-30(29)41-2)14-16-31(36)43-19-8-5-9-20-44-35(39)40/h6-7,10-11,13-16,23,28H,3-5,8-9,12,17-22,24H2,1-2H3/b16-14+. The van der Waals surface area contributed by atoms with Gasteiger partial charge in [-0.2, -0.15) is 0 Å². The van der Waals surface area contributed by atoms with Gasteiger partial charge >= 0.3 is 17.9 Å². The van der Waals surface area contributed by atoms with Gasteiger partial charge in [0.1, 0.15) is 6.10 Å². The maximum atomic E-state index is 13.4. The number of methoxy groups -OCH3 is 1. The fourth-order valence-electron chi connectivity index (χ4n) is 4.70. The summed E-state index contributed by atoms with van der Waals surface area (Å²) in [6.07, 6.45) is 6.10. The number of hydrogen-bond acceptors (Lipinski definition) is 12. The van der Waals surface area contributed by atoms with Gasteiger partial charge in [-0.05, 0) is 61.9 Å². The van der Waals surface area contributed by atoms with E-state index in [0.29, 0.717) is 63.1 Å². The quantitative estimate of drug-likeness (QED) is 0.0508. The number of ether oxygens (including phenoxy) is 5. The highest BCUT2D eigenvalue weighted by atomic mass is 16.9. The molecule has 2 aromatic carbocycles. The molecule has 0 radical (unpaired) electrons. The van der Waals surface area contributed by atoms with Gasteiger partial charge in [0.05, 0.1) is 45.6 Å². The van der Waals surface area contributed by atoms with Crippen LogP contribution in [0.3, 0.4) is 0 Å². The van der Waals surface area contributed by atoms with Gasteiger partial charge in [0, 0.05) is 24.7 Å². The van der Waals surface area contributed by atoms with Gasteiger partial charge in [-0.15, -0.1) is 10.1 Å². The van der Waals surface area contributed by atoms with E-state index >= 15 is 0 Å². The number of rotatable bonds is 19. The van der Waals surface area contributed by atoms with Crippen molar-refractivity contribution in [1.82, 2.24) is 4.90 Å². The van der Waals surface area contributed by atoms with E-state index in [1.54, 1.807) is 48.5 Å². The summed E-state index contributed by atoms with van der Waals surface area (Å²) in [6, 6.07) is 11.8. The fourth-order valence-corrected chi connectivity index (χ4v) is 4.70. The largest absolute Gasteiger partial charge is 0.493 e. The Morgan fingerprint density at radius 1 is 1.02 bits per heavy atom. The number of nitrogens with zero attached hydrogens (tertiary/aromatic N) is 2. The van der Waals surface area contributed by atoms with E-state index in [2.05, 4.69) is 4.84 Å². The number of unbranched alkanes of at least 4 members (excludes halogenated alkanes) is 3. The SMILES string of the molecule is CCCCC(OC(=O)CN1CCOCC1)c1ccccc1C(=O)Oc1ccc(/C=C/C(=O)OCCCCCO[N+](=O)[O-])cc1OC. The predicted molar refractivity (Wildman–Crippen MR) is 167 cm³/mol. The predicted octanol–water partition coefficient (Wildman–Crippen LogP) is 4.96. The molecule has 0 amide bonds. The number of morpholine rings is 1. The molecule has 0 aliphatic carbocycles. The van der Waals surface area contributed by atoms with Crippen molar-refractivity contribution in [3.05, 3.63) is 75.3 Å². The zero-order valence-corrected chi connectivity index (χ0v) is 26.4. The first kappa shape index (κ1) is 36.0. The van der Waals surface area contributed by atoms with Crippen LogP contribution in [-0.2, 0) is 28.6 Å². The van der Waals surface area contributed by atoms with E-state index < -0.39 is 23.1 Å². The van der Waals surface area contributed by atoms with E-state index in [1.165, 1.54) is 13.2 Å². The molecule has 1 aliphatic heterocycles. The van der Waals surface area contributed by atoms with Crippen LogP contribution in [0.1, 0.15) is 73.0 Å². The molecule has 1 atom stereocenters. The van der Waals surface area contributed by atoms with Gasteiger partial charge in [0.15, 0.2) is 11.5 Å². The summed E-state index contributed by atoms with van der Waals surface area (Å²) in [5, 5.41) is 9.29. The Labute approximate surface area is 268 Å². The van der Waals surface area contributed by atoms with Gasteiger partial charge in [-0.3, -0.25) is 9.69 Å². The smallest absolute Gasteiger partial charge is 0.344 e. The molecule has 1 fully saturated rings. The molecule has 0 saturated carbocycles. The molecule has 0 aromatic heterocycles. The summed E-state index contributed by atoms with van der Waals surface area (Å²) in [7, 11) is 1.44. The van der Waals surface area contributed by atoms with Crippen molar-refractivity contribution in [1.29, 1.82) is 0 Å². The van der Waals surface area contributed by atoms with E-state index in [-0.39, 0.29) is 42.8 Å². The second kappa shape index (κ2) is 19.8. The van der Waals surface area contributed by atoms with Crippen molar-refractivity contribution in [2.24, 2.45) is 0 Å². The third-order valence-electron chi connectivity index (χ3n) is 7.11. The Bertz CT molecular complexity index is 1320. The van der Waals surface area contributed by atoms with Crippen LogP contribution in [0, 0.1) is 10.1 Å². The molecule has 1 aliphatic rings. The topological polar surface area (TPSA) is 153 Å². The Balaban J connectivity index is 1.62. The normalized spacial score (nSPS) is 14.0. The Hall–Kier alpha value is -4.49. The van der Waals surface area contributed by atoms with E-state index in [9.17, 15) is 24.5 Å². The van der Waals surface area contributed by atoms with E-state index in [0.717, 1.165) is 12.8 Å². The molecule has 0 N–H and O–H groups in total. The van der Waals surface area contributed by atoms with Crippen molar-refractivity contribution >= 4 is 24.0 Å². The maximum absolute atomic E-state index is 13.4. The molecular weight excluding hydrogens is 600 g/mol. The van der Waals surface area contributed by atoms with Crippen LogP contribution in [0.2, 0.25) is 0 Å². The summed E-state index contributed by atoms with van der Waals surface area (Å²) < 4.78 is 27.6. The highest BCUT2D eigenvalue weighted by molar-refractivity contribution is 5.93. The molecule has 0 bridgehead atoms. The second-order valence-electron chi connectivity index (χ2n) is 10.5. The molecule has 2 aromatic rings. The molecule has 250 valence electrons. The summed E-state index contributed by atoms with van der Waals surface area (Å²) in [6.45, 7) is 4.84. The summed E-state index contributed by atoms with van der Waals surface area (Å²) in [5.41, 5.74) is 1.46. The number of esters is 3. The van der Waals surface area contributed by atoms with Crippen LogP contribution in [0.15, 0.2) is 48.5 Å². The fraction of sp³-hybridized carbons (Fsp3) is 0.485. The first-order chi connectivity index (χ1) is 22.3. The van der Waals surface area contributed by atoms with Crippen molar-refractivity contribution < 1.29 is 48.0 Å². The monoisotopic (exact) mass is 642 g/mol. The first-order valence-electron chi connectivity index (χ1n) is 15.4. The number of carbonyl (C=O) groups is 3. The molecule has 46 heavy (non-hydrogen) atoms. The summed E-state index contributed by atoms with van der Waals surface area (Å²) in [5.74, 6) is -1.08. The molecule has 13 nitrogen and oxygen atoms in total. The maximum Gasteiger partial charge on any atom is 0.344 e. The van der Waals surface area contributed by atoms with Crippen LogP contribution >= 0.6 is 0 Å². The second-order valence-corrected chi connectivity index (χ2v) is 10.5. The summed E-state index contributed by atoms with van der Waals surface area (Å²) in [4.78, 5) is 54.7. The third kappa shape index (κ3) is 12.5. The van der Waals surface area contributed by atoms with Crippen LogP contribution in [0.5, 0.6) is 11.5 Å². The zero-order chi connectivity index (χ0) is 33.1. The molecular formula is C33H42N2O11.